The number of benzene rings is 1. The average molecular weight is 300 g/mol. The van der Waals surface area contributed by atoms with Crippen LogP contribution in [0.1, 0.15) is 17.4 Å². The molecule has 1 aliphatic rings. The molecule has 1 atom stereocenters. The van der Waals surface area contributed by atoms with Gasteiger partial charge in [0.25, 0.3) is 0 Å². The fourth-order valence-electron chi connectivity index (χ4n) is 2.98. The molecule has 0 aliphatic carbocycles. The highest BCUT2D eigenvalue weighted by Gasteiger charge is 2.30. The van der Waals surface area contributed by atoms with Crippen molar-refractivity contribution in [1.82, 2.24) is 4.90 Å². The summed E-state index contributed by atoms with van der Waals surface area (Å²) in [6.45, 7) is 3.40. The normalized spacial score (nSPS) is 17.3. The van der Waals surface area contributed by atoms with E-state index in [2.05, 4.69) is 41.5 Å². The third kappa shape index (κ3) is 3.01. The van der Waals surface area contributed by atoms with Crippen LogP contribution >= 0.6 is 11.3 Å². The third-order valence-corrected chi connectivity index (χ3v) is 4.75. The number of hydrogen-bond donors (Lipinski definition) is 0. The van der Waals surface area contributed by atoms with Gasteiger partial charge in [0.05, 0.1) is 6.54 Å². The molecule has 3 nitrogen and oxygen atoms in total. The molecule has 3 rings (SSSR count). The van der Waals surface area contributed by atoms with Gasteiger partial charge >= 0.3 is 0 Å². The molecule has 1 aromatic heterocycles. The van der Waals surface area contributed by atoms with Crippen molar-refractivity contribution >= 4 is 22.9 Å². The molecule has 2 aromatic rings. The van der Waals surface area contributed by atoms with Crippen LogP contribution in [-0.4, -0.2) is 30.4 Å². The summed E-state index contributed by atoms with van der Waals surface area (Å²) in [5.41, 5.74) is 2.36. The van der Waals surface area contributed by atoms with Crippen molar-refractivity contribution in [3.05, 3.63) is 52.2 Å². The van der Waals surface area contributed by atoms with Gasteiger partial charge in [-0.1, -0.05) is 24.3 Å². The fraction of sp³-hybridized carbons (Fsp3) is 0.353. The number of amides is 1. The lowest BCUT2D eigenvalue weighted by molar-refractivity contribution is -0.119. The van der Waals surface area contributed by atoms with Gasteiger partial charge in [-0.15, -0.1) is 11.3 Å². The van der Waals surface area contributed by atoms with E-state index in [1.54, 1.807) is 11.3 Å². The van der Waals surface area contributed by atoms with Crippen molar-refractivity contribution < 1.29 is 4.79 Å². The molecular weight excluding hydrogens is 280 g/mol. The van der Waals surface area contributed by atoms with Crippen LogP contribution in [0.3, 0.4) is 0 Å². The second-order valence-corrected chi connectivity index (χ2v) is 6.73. The van der Waals surface area contributed by atoms with Crippen LogP contribution in [0.4, 0.5) is 5.69 Å². The van der Waals surface area contributed by atoms with Crippen molar-refractivity contribution in [3.63, 3.8) is 0 Å². The summed E-state index contributed by atoms with van der Waals surface area (Å²) in [6, 6.07) is 12.6. The monoisotopic (exact) mass is 300 g/mol. The highest BCUT2D eigenvalue weighted by Crippen LogP contribution is 2.31. The second-order valence-electron chi connectivity index (χ2n) is 5.70. The number of nitrogens with zero attached hydrogens (tertiary/aromatic N) is 2. The first kappa shape index (κ1) is 14.3. The Morgan fingerprint density at radius 1 is 1.33 bits per heavy atom. The predicted molar refractivity (Wildman–Crippen MR) is 87.7 cm³/mol. The van der Waals surface area contributed by atoms with Gasteiger partial charge in [-0.3, -0.25) is 9.69 Å². The van der Waals surface area contributed by atoms with Gasteiger partial charge in [0.15, 0.2) is 0 Å². The van der Waals surface area contributed by atoms with Gasteiger partial charge in [-0.25, -0.2) is 0 Å². The van der Waals surface area contributed by atoms with E-state index in [0.717, 1.165) is 18.7 Å². The maximum Gasteiger partial charge on any atom is 0.241 e. The number of carbonyl (C=O) groups is 1. The Balaban J connectivity index is 1.68. The number of thiophene rings is 1. The van der Waals surface area contributed by atoms with Crippen molar-refractivity contribution in [1.29, 1.82) is 0 Å². The van der Waals surface area contributed by atoms with Crippen LogP contribution in [0.25, 0.3) is 0 Å². The maximum atomic E-state index is 12.6. The molecule has 1 aromatic carbocycles. The topological polar surface area (TPSA) is 23.6 Å². The van der Waals surface area contributed by atoms with Crippen LogP contribution in [-0.2, 0) is 17.8 Å². The molecule has 1 amide bonds. The Hall–Kier alpha value is -1.65. The van der Waals surface area contributed by atoms with Gasteiger partial charge in [0, 0.05) is 23.2 Å². The molecule has 110 valence electrons. The third-order valence-electron chi connectivity index (χ3n) is 3.89. The smallest absolute Gasteiger partial charge is 0.241 e. The van der Waals surface area contributed by atoms with Gasteiger partial charge in [0.2, 0.25) is 5.91 Å². The Labute approximate surface area is 129 Å². The highest BCUT2D eigenvalue weighted by atomic mass is 32.1. The Morgan fingerprint density at radius 3 is 2.90 bits per heavy atom. The van der Waals surface area contributed by atoms with Crippen LogP contribution in [0, 0.1) is 0 Å². The van der Waals surface area contributed by atoms with Gasteiger partial charge in [0.1, 0.15) is 0 Å². The molecule has 0 saturated heterocycles. The molecule has 1 unspecified atom stereocenters. The Kier molecular flexibility index (Phi) is 4.08. The molecule has 21 heavy (non-hydrogen) atoms. The zero-order valence-electron chi connectivity index (χ0n) is 12.5. The average Bonchev–Trinajstić information content (AvgIpc) is 3.04. The van der Waals surface area contributed by atoms with Crippen LogP contribution in [0.2, 0.25) is 0 Å². The zero-order chi connectivity index (χ0) is 14.8. The number of fused-ring (bicyclic) bond motifs is 1. The van der Waals surface area contributed by atoms with Crippen molar-refractivity contribution in [2.75, 3.05) is 18.5 Å². The van der Waals surface area contributed by atoms with E-state index in [4.69, 9.17) is 0 Å². The van der Waals surface area contributed by atoms with E-state index in [0.29, 0.717) is 6.54 Å². The predicted octanol–water partition coefficient (Wildman–Crippen LogP) is 3.16. The number of anilines is 1. The van der Waals surface area contributed by atoms with Crippen LogP contribution in [0.15, 0.2) is 41.8 Å². The Bertz CT molecular complexity index is 623. The summed E-state index contributed by atoms with van der Waals surface area (Å²) in [5.74, 6) is 0.187. The van der Waals surface area contributed by atoms with Crippen molar-refractivity contribution in [2.45, 2.75) is 25.9 Å². The molecule has 0 saturated carbocycles. The number of carbonyl (C=O) groups excluding carboxylic acids is 1. The lowest BCUT2D eigenvalue weighted by Gasteiger charge is -2.25. The highest BCUT2D eigenvalue weighted by molar-refractivity contribution is 7.09. The fourth-order valence-corrected chi connectivity index (χ4v) is 3.76. The SMILES string of the molecule is CC1Cc2ccccc2N1C(=O)CN(C)Cc1cccs1. The van der Waals surface area contributed by atoms with E-state index < -0.39 is 0 Å². The van der Waals surface area contributed by atoms with E-state index in [1.165, 1.54) is 10.4 Å². The van der Waals surface area contributed by atoms with E-state index in [9.17, 15) is 4.79 Å². The lowest BCUT2D eigenvalue weighted by Crippen LogP contribution is -2.41. The van der Waals surface area contributed by atoms with Crippen LogP contribution < -0.4 is 4.90 Å². The molecule has 0 spiro atoms. The van der Waals surface area contributed by atoms with Gasteiger partial charge < -0.3 is 4.90 Å². The van der Waals surface area contributed by atoms with E-state index >= 15 is 0 Å². The standard InChI is InChI=1S/C17H20N2OS/c1-13-10-14-6-3-4-8-16(14)19(13)17(20)12-18(2)11-15-7-5-9-21-15/h3-9,13H,10-12H2,1-2H3. The number of hydrogen-bond acceptors (Lipinski definition) is 3. The number of likely N-dealkylation sites (N-methyl/N-ethyl adjacent to an activating group) is 1. The molecule has 4 heteroatoms. The summed E-state index contributed by atoms with van der Waals surface area (Å²) in [6.07, 6.45) is 0.955. The molecule has 0 radical (unpaired) electrons. The summed E-state index contributed by atoms with van der Waals surface area (Å²) >= 11 is 1.73. The molecular formula is C17H20N2OS. The molecule has 1 aliphatic heterocycles. The zero-order valence-corrected chi connectivity index (χ0v) is 13.3. The molecule has 0 fully saturated rings. The van der Waals surface area contributed by atoms with E-state index in [-0.39, 0.29) is 11.9 Å². The first-order valence-electron chi connectivity index (χ1n) is 7.26. The second kappa shape index (κ2) is 6.00. The van der Waals surface area contributed by atoms with E-state index in [1.807, 2.05) is 24.1 Å². The minimum absolute atomic E-state index is 0.187. The lowest BCUT2D eigenvalue weighted by atomic mass is 10.1. The minimum atomic E-state index is 0.187. The molecule has 0 bridgehead atoms. The molecule has 2 heterocycles. The number of rotatable bonds is 4. The van der Waals surface area contributed by atoms with Crippen molar-refractivity contribution in [3.8, 4) is 0 Å². The van der Waals surface area contributed by atoms with Gasteiger partial charge in [-0.2, -0.15) is 0 Å². The Morgan fingerprint density at radius 2 is 2.14 bits per heavy atom. The summed E-state index contributed by atoms with van der Waals surface area (Å²) < 4.78 is 0. The first-order valence-corrected chi connectivity index (χ1v) is 8.14. The van der Waals surface area contributed by atoms with Crippen LogP contribution in [0.5, 0.6) is 0 Å². The summed E-state index contributed by atoms with van der Waals surface area (Å²) in [7, 11) is 2.00. The maximum absolute atomic E-state index is 12.6. The van der Waals surface area contributed by atoms with Crippen molar-refractivity contribution in [2.24, 2.45) is 0 Å². The molecule has 0 N–H and O–H groups in total. The summed E-state index contributed by atoms with van der Waals surface area (Å²) in [4.78, 5) is 18.0. The number of para-hydroxylation sites is 1. The first-order chi connectivity index (χ1) is 10.1. The van der Waals surface area contributed by atoms with Gasteiger partial charge in [-0.05, 0) is 43.5 Å². The summed E-state index contributed by atoms with van der Waals surface area (Å²) in [5, 5.41) is 2.07. The largest absolute Gasteiger partial charge is 0.308 e. The minimum Gasteiger partial charge on any atom is -0.308 e. The quantitative estimate of drug-likeness (QED) is 0.866.